The number of rotatable bonds is 5. The van der Waals surface area contributed by atoms with E-state index >= 15 is 0 Å². The van der Waals surface area contributed by atoms with E-state index in [4.69, 9.17) is 5.73 Å². The van der Waals surface area contributed by atoms with Crippen molar-refractivity contribution in [3.63, 3.8) is 0 Å². The van der Waals surface area contributed by atoms with Crippen LogP contribution >= 0.6 is 0 Å². The van der Waals surface area contributed by atoms with Crippen molar-refractivity contribution in [2.24, 2.45) is 5.73 Å². The van der Waals surface area contributed by atoms with Gasteiger partial charge in [-0.05, 0) is 24.8 Å². The zero-order valence-electron chi connectivity index (χ0n) is 12.3. The first kappa shape index (κ1) is 15.0. The Morgan fingerprint density at radius 3 is 2.55 bits per heavy atom. The van der Waals surface area contributed by atoms with Crippen molar-refractivity contribution in [1.29, 1.82) is 0 Å². The van der Waals surface area contributed by atoms with Gasteiger partial charge in [-0.3, -0.25) is 4.79 Å². The van der Waals surface area contributed by atoms with Gasteiger partial charge in [-0.2, -0.15) is 0 Å². The predicted molar refractivity (Wildman–Crippen MR) is 81.4 cm³/mol. The van der Waals surface area contributed by atoms with Crippen LogP contribution in [0.15, 0.2) is 30.3 Å². The fourth-order valence-corrected chi connectivity index (χ4v) is 2.81. The number of hydrogen-bond donors (Lipinski definition) is 1. The number of carbonyl (C=O) groups is 1. The lowest BCUT2D eigenvalue weighted by molar-refractivity contribution is -0.131. The van der Waals surface area contributed by atoms with Crippen molar-refractivity contribution >= 4 is 5.91 Å². The van der Waals surface area contributed by atoms with Gasteiger partial charge in [0.15, 0.2) is 0 Å². The molecule has 0 unspecified atom stereocenters. The molecule has 0 aliphatic carbocycles. The highest BCUT2D eigenvalue weighted by Gasteiger charge is 2.24. The number of carbonyl (C=O) groups excluding carboxylic acids is 1. The molecule has 4 nitrogen and oxygen atoms in total. The summed E-state index contributed by atoms with van der Waals surface area (Å²) in [4.78, 5) is 15.9. The van der Waals surface area contributed by atoms with E-state index in [1.54, 1.807) is 0 Å². The highest BCUT2D eigenvalue weighted by atomic mass is 16.2. The van der Waals surface area contributed by atoms with Crippen molar-refractivity contribution in [2.75, 3.05) is 33.2 Å². The van der Waals surface area contributed by atoms with Gasteiger partial charge in [-0.25, -0.2) is 0 Å². The number of hydrogen-bond acceptors (Lipinski definition) is 3. The second-order valence-electron chi connectivity index (χ2n) is 5.52. The summed E-state index contributed by atoms with van der Waals surface area (Å²) in [5.41, 5.74) is 6.81. The molecule has 20 heavy (non-hydrogen) atoms. The molecule has 110 valence electrons. The molecule has 1 heterocycles. The molecule has 0 atom stereocenters. The van der Waals surface area contributed by atoms with Crippen LogP contribution in [0.1, 0.15) is 18.4 Å². The Morgan fingerprint density at radius 2 is 1.95 bits per heavy atom. The molecule has 0 saturated carbocycles. The summed E-state index contributed by atoms with van der Waals surface area (Å²) in [6.07, 6.45) is 3.21. The molecule has 2 rings (SSSR count). The smallest absolute Gasteiger partial charge is 0.236 e. The maximum Gasteiger partial charge on any atom is 0.236 e. The monoisotopic (exact) mass is 275 g/mol. The van der Waals surface area contributed by atoms with Crippen molar-refractivity contribution < 1.29 is 4.79 Å². The van der Waals surface area contributed by atoms with Gasteiger partial charge < -0.3 is 15.5 Å². The number of benzene rings is 1. The fraction of sp³-hybridized carbons (Fsp3) is 0.562. The average molecular weight is 275 g/mol. The molecule has 4 heteroatoms. The van der Waals surface area contributed by atoms with Gasteiger partial charge in [0.2, 0.25) is 5.91 Å². The van der Waals surface area contributed by atoms with Gasteiger partial charge in [0.05, 0.1) is 6.54 Å². The van der Waals surface area contributed by atoms with Crippen molar-refractivity contribution in [3.05, 3.63) is 35.9 Å². The van der Waals surface area contributed by atoms with E-state index in [0.29, 0.717) is 6.04 Å². The SMILES string of the molecule is CN(C(=O)CN)C1CCN(CCc2ccccc2)CC1. The molecule has 1 amide bonds. The van der Waals surface area contributed by atoms with Crippen LogP contribution in [0.5, 0.6) is 0 Å². The largest absolute Gasteiger partial charge is 0.342 e. The molecule has 1 fully saturated rings. The second kappa shape index (κ2) is 7.41. The minimum atomic E-state index is 0.0488. The van der Waals surface area contributed by atoms with E-state index in [2.05, 4.69) is 35.2 Å². The minimum Gasteiger partial charge on any atom is -0.342 e. The normalized spacial score (nSPS) is 17.1. The van der Waals surface area contributed by atoms with Gasteiger partial charge in [0, 0.05) is 32.7 Å². The zero-order chi connectivity index (χ0) is 14.4. The number of nitrogens with two attached hydrogens (primary N) is 1. The maximum absolute atomic E-state index is 11.6. The first-order valence-corrected chi connectivity index (χ1v) is 7.42. The molecule has 0 aromatic heterocycles. The van der Waals surface area contributed by atoms with Crippen molar-refractivity contribution in [2.45, 2.75) is 25.3 Å². The Labute approximate surface area is 121 Å². The average Bonchev–Trinajstić information content (AvgIpc) is 2.53. The Bertz CT molecular complexity index is 413. The van der Waals surface area contributed by atoms with E-state index in [1.807, 2.05) is 11.9 Å². The van der Waals surface area contributed by atoms with Crippen LogP contribution in [0, 0.1) is 0 Å². The summed E-state index contributed by atoms with van der Waals surface area (Å²) >= 11 is 0. The minimum absolute atomic E-state index is 0.0488. The molecule has 2 N–H and O–H groups in total. The maximum atomic E-state index is 11.6. The second-order valence-corrected chi connectivity index (χ2v) is 5.52. The quantitative estimate of drug-likeness (QED) is 0.876. The molecule has 1 saturated heterocycles. The Balaban J connectivity index is 1.73. The zero-order valence-corrected chi connectivity index (χ0v) is 12.3. The molecule has 0 radical (unpaired) electrons. The fourth-order valence-electron chi connectivity index (χ4n) is 2.81. The van der Waals surface area contributed by atoms with Crippen molar-refractivity contribution in [3.8, 4) is 0 Å². The Kier molecular flexibility index (Phi) is 5.56. The lowest BCUT2D eigenvalue weighted by Crippen LogP contribution is -2.47. The number of likely N-dealkylation sites (N-methyl/N-ethyl adjacent to an activating group) is 1. The molecule has 0 spiro atoms. The first-order chi connectivity index (χ1) is 9.70. The standard InChI is InChI=1S/C16H25N3O/c1-18(16(20)13-17)15-8-11-19(12-9-15)10-7-14-5-3-2-4-6-14/h2-6,15H,7-13,17H2,1H3. The first-order valence-electron chi connectivity index (χ1n) is 7.42. The summed E-state index contributed by atoms with van der Waals surface area (Å²) in [6.45, 7) is 3.36. The molecular formula is C16H25N3O. The molecular weight excluding hydrogens is 250 g/mol. The molecule has 1 aromatic rings. The summed E-state index contributed by atoms with van der Waals surface area (Å²) in [6, 6.07) is 11.0. The van der Waals surface area contributed by atoms with Crippen LogP contribution in [0.25, 0.3) is 0 Å². The summed E-state index contributed by atoms with van der Waals surface area (Å²) < 4.78 is 0. The van der Waals surface area contributed by atoms with Gasteiger partial charge >= 0.3 is 0 Å². The highest BCUT2D eigenvalue weighted by Crippen LogP contribution is 2.16. The summed E-state index contributed by atoms with van der Waals surface area (Å²) in [7, 11) is 1.87. The lowest BCUT2D eigenvalue weighted by Gasteiger charge is -2.36. The van der Waals surface area contributed by atoms with E-state index < -0.39 is 0 Å². The van der Waals surface area contributed by atoms with Crippen LogP contribution in [-0.2, 0) is 11.2 Å². The van der Waals surface area contributed by atoms with Gasteiger partial charge in [0.1, 0.15) is 0 Å². The van der Waals surface area contributed by atoms with E-state index in [9.17, 15) is 4.79 Å². The van der Waals surface area contributed by atoms with E-state index in [0.717, 1.165) is 38.9 Å². The third-order valence-corrected chi connectivity index (χ3v) is 4.23. The van der Waals surface area contributed by atoms with E-state index in [-0.39, 0.29) is 12.5 Å². The third kappa shape index (κ3) is 4.05. The molecule has 1 aliphatic rings. The molecule has 1 aromatic carbocycles. The molecule has 0 bridgehead atoms. The lowest BCUT2D eigenvalue weighted by atomic mass is 10.0. The van der Waals surface area contributed by atoms with Gasteiger partial charge in [-0.15, -0.1) is 0 Å². The summed E-state index contributed by atoms with van der Waals surface area (Å²) in [5, 5.41) is 0. The van der Waals surface area contributed by atoms with Crippen LogP contribution in [0.2, 0.25) is 0 Å². The Morgan fingerprint density at radius 1 is 1.30 bits per heavy atom. The highest BCUT2D eigenvalue weighted by molar-refractivity contribution is 5.78. The third-order valence-electron chi connectivity index (χ3n) is 4.23. The van der Waals surface area contributed by atoms with Crippen LogP contribution in [-0.4, -0.2) is 55.0 Å². The van der Waals surface area contributed by atoms with Crippen LogP contribution in [0.4, 0.5) is 0 Å². The Hall–Kier alpha value is -1.39. The number of piperidine rings is 1. The van der Waals surface area contributed by atoms with E-state index in [1.165, 1.54) is 5.56 Å². The summed E-state index contributed by atoms with van der Waals surface area (Å²) in [5.74, 6) is 0.0488. The predicted octanol–water partition coefficient (Wildman–Crippen LogP) is 1.11. The number of likely N-dealkylation sites (tertiary alicyclic amines) is 1. The van der Waals surface area contributed by atoms with Crippen LogP contribution < -0.4 is 5.73 Å². The van der Waals surface area contributed by atoms with Gasteiger partial charge in [-0.1, -0.05) is 30.3 Å². The van der Waals surface area contributed by atoms with Gasteiger partial charge in [0.25, 0.3) is 0 Å². The van der Waals surface area contributed by atoms with Crippen LogP contribution in [0.3, 0.4) is 0 Å². The number of nitrogens with zero attached hydrogens (tertiary/aromatic N) is 2. The molecule has 1 aliphatic heterocycles. The number of amides is 1. The van der Waals surface area contributed by atoms with Crippen molar-refractivity contribution in [1.82, 2.24) is 9.80 Å². The topological polar surface area (TPSA) is 49.6 Å².